The summed E-state index contributed by atoms with van der Waals surface area (Å²) in [6.07, 6.45) is -7.66. The van der Waals surface area contributed by atoms with Crippen molar-refractivity contribution in [3.05, 3.63) is 22.2 Å². The van der Waals surface area contributed by atoms with Crippen LogP contribution in [-0.2, 0) is 5.54 Å². The maximum Gasteiger partial charge on any atom is 0.507 e. The second-order valence-corrected chi connectivity index (χ2v) is 6.23. The molecule has 3 nitrogen and oxygen atoms in total. The van der Waals surface area contributed by atoms with Crippen molar-refractivity contribution in [3.8, 4) is 11.5 Å². The van der Waals surface area contributed by atoms with Crippen LogP contribution >= 0.6 is 15.9 Å². The first-order valence-corrected chi connectivity index (χ1v) is 7.17. The molecular formula is C13H12BrF4NO2. The Morgan fingerprint density at radius 3 is 2.19 bits per heavy atom. The Hall–Kier alpha value is -1.02. The fraction of sp³-hybridized carbons (Fsp3) is 0.538. The normalized spacial score (nSPS) is 29.4. The third kappa shape index (κ3) is 2.28. The Labute approximate surface area is 126 Å². The third-order valence-corrected chi connectivity index (χ3v) is 4.47. The van der Waals surface area contributed by atoms with Gasteiger partial charge in [-0.15, -0.1) is 0 Å². The molecule has 3 rings (SSSR count). The molecule has 0 aliphatic carbocycles. The van der Waals surface area contributed by atoms with Crippen molar-refractivity contribution < 1.29 is 27.0 Å². The highest BCUT2D eigenvalue weighted by atomic mass is 79.9. The van der Waals surface area contributed by atoms with E-state index in [2.05, 4.69) is 30.7 Å². The standard InChI is InChI=1S/C13H12BrF4NO2/c1-11(3-2-4-19-11)7-5-9-10(6-8(7)14)21-13(17,18)12(15,16)20-9/h5-6,19H,2-4H2,1H3. The van der Waals surface area contributed by atoms with Gasteiger partial charge >= 0.3 is 12.2 Å². The topological polar surface area (TPSA) is 30.5 Å². The zero-order chi connectivity index (χ0) is 15.5. The van der Waals surface area contributed by atoms with Gasteiger partial charge in [0.15, 0.2) is 11.5 Å². The first-order valence-electron chi connectivity index (χ1n) is 6.37. The Bertz CT molecular complexity index is 588. The summed E-state index contributed by atoms with van der Waals surface area (Å²) in [7, 11) is 0. The number of hydrogen-bond donors (Lipinski definition) is 1. The summed E-state index contributed by atoms with van der Waals surface area (Å²) in [4.78, 5) is 0. The number of ether oxygens (including phenoxy) is 2. The molecule has 1 atom stereocenters. The highest BCUT2D eigenvalue weighted by Gasteiger charge is 2.66. The average Bonchev–Trinajstić information content (AvgIpc) is 2.78. The lowest BCUT2D eigenvalue weighted by Gasteiger charge is -2.34. The van der Waals surface area contributed by atoms with Gasteiger partial charge in [-0.25, -0.2) is 0 Å². The van der Waals surface area contributed by atoms with Gasteiger partial charge in [-0.2, -0.15) is 17.6 Å². The van der Waals surface area contributed by atoms with Crippen molar-refractivity contribution in [2.24, 2.45) is 0 Å². The van der Waals surface area contributed by atoms with E-state index in [0.717, 1.165) is 19.4 Å². The summed E-state index contributed by atoms with van der Waals surface area (Å²) in [5.74, 6) is -0.804. The largest absolute Gasteiger partial charge is 0.507 e. The van der Waals surface area contributed by atoms with Gasteiger partial charge in [0.25, 0.3) is 0 Å². The fourth-order valence-corrected chi connectivity index (χ4v) is 3.40. The average molecular weight is 370 g/mol. The SMILES string of the molecule is CC1(c2cc3c(cc2Br)OC(F)(F)C(F)(F)O3)CCCN1. The molecule has 2 heterocycles. The van der Waals surface area contributed by atoms with E-state index in [4.69, 9.17) is 0 Å². The van der Waals surface area contributed by atoms with Crippen LogP contribution in [0.1, 0.15) is 25.3 Å². The maximum atomic E-state index is 13.2. The Kier molecular flexibility index (Phi) is 3.18. The van der Waals surface area contributed by atoms with Crippen LogP contribution in [0.3, 0.4) is 0 Å². The van der Waals surface area contributed by atoms with Crippen LogP contribution in [0.25, 0.3) is 0 Å². The minimum atomic E-state index is -4.70. The van der Waals surface area contributed by atoms with Crippen molar-refractivity contribution in [2.45, 2.75) is 37.5 Å². The van der Waals surface area contributed by atoms with E-state index in [0.29, 0.717) is 10.0 Å². The predicted molar refractivity (Wildman–Crippen MR) is 69.9 cm³/mol. The molecule has 1 fully saturated rings. The van der Waals surface area contributed by atoms with Crippen LogP contribution in [0.5, 0.6) is 11.5 Å². The lowest BCUT2D eigenvalue weighted by Crippen LogP contribution is -2.52. The Morgan fingerprint density at radius 1 is 1.10 bits per heavy atom. The fourth-order valence-electron chi connectivity index (χ4n) is 2.64. The number of halogens is 5. The zero-order valence-corrected chi connectivity index (χ0v) is 12.6. The molecule has 1 saturated heterocycles. The molecule has 0 bridgehead atoms. The number of hydrogen-bond acceptors (Lipinski definition) is 3. The zero-order valence-electron chi connectivity index (χ0n) is 11.0. The number of rotatable bonds is 1. The van der Waals surface area contributed by atoms with Crippen LogP contribution in [-0.4, -0.2) is 18.8 Å². The molecule has 2 aliphatic rings. The van der Waals surface area contributed by atoms with Gasteiger partial charge in [-0.3, -0.25) is 0 Å². The molecule has 1 N–H and O–H groups in total. The Morgan fingerprint density at radius 2 is 1.67 bits per heavy atom. The maximum absolute atomic E-state index is 13.2. The molecule has 0 radical (unpaired) electrons. The van der Waals surface area contributed by atoms with E-state index in [-0.39, 0.29) is 5.75 Å². The van der Waals surface area contributed by atoms with Gasteiger partial charge in [-0.1, -0.05) is 15.9 Å². The summed E-state index contributed by atoms with van der Waals surface area (Å²) < 4.78 is 61.6. The molecule has 0 saturated carbocycles. The molecule has 1 unspecified atom stereocenters. The van der Waals surface area contributed by atoms with Crippen LogP contribution in [0.2, 0.25) is 0 Å². The molecule has 0 spiro atoms. The molecule has 116 valence electrons. The van der Waals surface area contributed by atoms with Gasteiger partial charge in [0.2, 0.25) is 0 Å². The summed E-state index contributed by atoms with van der Waals surface area (Å²) >= 11 is 3.28. The van der Waals surface area contributed by atoms with Crippen LogP contribution in [0, 0.1) is 0 Å². The van der Waals surface area contributed by atoms with Crippen LogP contribution in [0.15, 0.2) is 16.6 Å². The lowest BCUT2D eigenvalue weighted by atomic mass is 9.90. The predicted octanol–water partition coefficient (Wildman–Crippen LogP) is 4.00. The van der Waals surface area contributed by atoms with Crippen molar-refractivity contribution >= 4 is 15.9 Å². The quantitative estimate of drug-likeness (QED) is 0.758. The second kappa shape index (κ2) is 4.49. The first kappa shape index (κ1) is 14.9. The van der Waals surface area contributed by atoms with E-state index >= 15 is 0 Å². The van der Waals surface area contributed by atoms with E-state index < -0.39 is 23.5 Å². The molecule has 0 aromatic heterocycles. The van der Waals surface area contributed by atoms with E-state index in [1.54, 1.807) is 0 Å². The smallest absolute Gasteiger partial charge is 0.421 e. The molecule has 1 aromatic rings. The van der Waals surface area contributed by atoms with Gasteiger partial charge in [-0.05, 0) is 44.0 Å². The van der Waals surface area contributed by atoms with E-state index in [1.165, 1.54) is 12.1 Å². The van der Waals surface area contributed by atoms with Crippen LogP contribution in [0.4, 0.5) is 17.6 Å². The molecular weight excluding hydrogens is 358 g/mol. The summed E-state index contributed by atoms with van der Waals surface area (Å²) in [5, 5.41) is 3.27. The summed E-state index contributed by atoms with van der Waals surface area (Å²) in [6, 6.07) is 2.56. The summed E-state index contributed by atoms with van der Waals surface area (Å²) in [6.45, 7) is 2.72. The molecule has 1 aromatic carbocycles. The molecule has 21 heavy (non-hydrogen) atoms. The van der Waals surface area contributed by atoms with Gasteiger partial charge in [0.05, 0.1) is 0 Å². The first-order chi connectivity index (χ1) is 9.65. The lowest BCUT2D eigenvalue weighted by molar-refractivity contribution is -0.391. The highest BCUT2D eigenvalue weighted by molar-refractivity contribution is 9.10. The molecule has 0 amide bonds. The highest BCUT2D eigenvalue weighted by Crippen LogP contribution is 2.50. The van der Waals surface area contributed by atoms with E-state index in [1.807, 2.05) is 6.92 Å². The number of alkyl halides is 4. The van der Waals surface area contributed by atoms with Gasteiger partial charge < -0.3 is 14.8 Å². The van der Waals surface area contributed by atoms with Crippen molar-refractivity contribution in [3.63, 3.8) is 0 Å². The second-order valence-electron chi connectivity index (χ2n) is 5.38. The van der Waals surface area contributed by atoms with E-state index in [9.17, 15) is 17.6 Å². The molecule has 8 heteroatoms. The number of fused-ring (bicyclic) bond motifs is 1. The number of nitrogens with one attached hydrogen (secondary N) is 1. The van der Waals surface area contributed by atoms with Crippen molar-refractivity contribution in [1.82, 2.24) is 5.32 Å². The number of benzene rings is 1. The Balaban J connectivity index is 2.06. The molecule has 2 aliphatic heterocycles. The minimum absolute atomic E-state index is 0.390. The van der Waals surface area contributed by atoms with Crippen LogP contribution < -0.4 is 14.8 Å². The summed E-state index contributed by atoms with van der Waals surface area (Å²) in [5.41, 5.74) is 0.246. The minimum Gasteiger partial charge on any atom is -0.421 e. The van der Waals surface area contributed by atoms with Gasteiger partial charge in [0.1, 0.15) is 0 Å². The third-order valence-electron chi connectivity index (χ3n) is 3.81. The van der Waals surface area contributed by atoms with Crippen molar-refractivity contribution in [2.75, 3.05) is 6.54 Å². The van der Waals surface area contributed by atoms with Gasteiger partial charge in [0, 0.05) is 10.0 Å². The monoisotopic (exact) mass is 369 g/mol. The van der Waals surface area contributed by atoms with Crippen molar-refractivity contribution in [1.29, 1.82) is 0 Å².